The van der Waals surface area contributed by atoms with E-state index in [-0.39, 0.29) is 56.8 Å². The maximum absolute atomic E-state index is 13.9. The Balaban J connectivity index is 1.78. The van der Waals surface area contributed by atoms with E-state index >= 15 is 0 Å². The molecule has 0 bridgehead atoms. The number of allylic oxidation sites excluding steroid dienone is 4. The molecular weight excluding hydrogens is 585 g/mol. The van der Waals surface area contributed by atoms with Crippen molar-refractivity contribution in [2.45, 2.75) is 59.3 Å². The van der Waals surface area contributed by atoms with Gasteiger partial charge in [0, 0.05) is 65.0 Å². The van der Waals surface area contributed by atoms with Crippen molar-refractivity contribution in [2.24, 2.45) is 10.8 Å². The van der Waals surface area contributed by atoms with E-state index in [0.717, 1.165) is 29.6 Å². The zero-order chi connectivity index (χ0) is 30.9. The van der Waals surface area contributed by atoms with Crippen molar-refractivity contribution in [3.63, 3.8) is 0 Å². The maximum atomic E-state index is 13.9. The summed E-state index contributed by atoms with van der Waals surface area (Å²) in [5, 5.41) is 23.4. The topological polar surface area (TPSA) is 133 Å². The molecule has 0 atom stereocenters. The fraction of sp³-hybridized carbons (Fsp3) is 0.400. The number of carbonyl (C=O) groups is 2. The minimum Gasteiger partial charge on any atom is -0.448 e. The van der Waals surface area contributed by atoms with Gasteiger partial charge in [0.15, 0.2) is 17.3 Å². The standard InChI is InChI=1S/C30H29Cl2N3O7/c1-29(2)11-20-26(22(36)13-29)25(27-21(33(20)5)12-30(3,4)14-23(27)37)17-8-15(31)9-18(32)28(17)42-24-7-6-16(34(38)39)10-19(24)35(40)41/h6-10,25H,11-14H2,1-5H3. The van der Waals surface area contributed by atoms with E-state index in [1.807, 2.05) is 39.6 Å². The summed E-state index contributed by atoms with van der Waals surface area (Å²) in [5.41, 5.74) is 1.06. The van der Waals surface area contributed by atoms with Crippen LogP contribution in [0.4, 0.5) is 11.4 Å². The molecule has 0 spiro atoms. The highest BCUT2D eigenvalue weighted by Gasteiger charge is 2.49. The third-order valence-corrected chi connectivity index (χ3v) is 8.59. The van der Waals surface area contributed by atoms with Gasteiger partial charge in [-0.15, -0.1) is 0 Å². The molecule has 5 rings (SSSR count). The number of benzene rings is 2. The van der Waals surface area contributed by atoms with Gasteiger partial charge in [-0.05, 0) is 41.9 Å². The summed E-state index contributed by atoms with van der Waals surface area (Å²) in [6.07, 6.45) is 1.70. The van der Waals surface area contributed by atoms with Crippen molar-refractivity contribution >= 4 is 46.1 Å². The van der Waals surface area contributed by atoms with E-state index in [0.29, 0.717) is 29.6 Å². The van der Waals surface area contributed by atoms with E-state index in [2.05, 4.69) is 0 Å². The van der Waals surface area contributed by atoms with Crippen molar-refractivity contribution in [3.05, 3.63) is 88.7 Å². The van der Waals surface area contributed by atoms with Crippen LogP contribution in [0.2, 0.25) is 10.0 Å². The third kappa shape index (κ3) is 5.18. The largest absolute Gasteiger partial charge is 0.448 e. The molecule has 0 radical (unpaired) electrons. The Bertz CT molecular complexity index is 1600. The maximum Gasteiger partial charge on any atom is 0.318 e. The monoisotopic (exact) mass is 613 g/mol. The van der Waals surface area contributed by atoms with Crippen molar-refractivity contribution < 1.29 is 24.2 Å². The average molecular weight is 614 g/mol. The first kappa shape index (κ1) is 29.7. The summed E-state index contributed by atoms with van der Waals surface area (Å²) < 4.78 is 6.08. The van der Waals surface area contributed by atoms with Gasteiger partial charge in [-0.2, -0.15) is 0 Å². The number of hydrogen-bond acceptors (Lipinski definition) is 8. The Kier molecular flexibility index (Phi) is 7.22. The molecular formula is C30H29Cl2N3O7. The van der Waals surface area contributed by atoms with Crippen LogP contribution in [0.1, 0.15) is 64.9 Å². The molecule has 0 fully saturated rings. The predicted molar refractivity (Wildman–Crippen MR) is 157 cm³/mol. The number of carbonyl (C=O) groups excluding carboxylic acids is 2. The quantitative estimate of drug-likeness (QED) is 0.245. The fourth-order valence-electron chi connectivity index (χ4n) is 6.34. The minimum absolute atomic E-state index is 0.000514. The highest BCUT2D eigenvalue weighted by molar-refractivity contribution is 6.35. The van der Waals surface area contributed by atoms with E-state index in [1.54, 1.807) is 6.07 Å². The normalized spacial score (nSPS) is 19.9. The lowest BCUT2D eigenvalue weighted by Gasteiger charge is -2.48. The van der Waals surface area contributed by atoms with E-state index in [1.165, 1.54) is 6.07 Å². The smallest absolute Gasteiger partial charge is 0.318 e. The van der Waals surface area contributed by atoms with Crippen molar-refractivity contribution in [1.82, 2.24) is 4.90 Å². The van der Waals surface area contributed by atoms with Crippen LogP contribution in [0.5, 0.6) is 11.5 Å². The third-order valence-electron chi connectivity index (χ3n) is 8.09. The van der Waals surface area contributed by atoms with Crippen LogP contribution >= 0.6 is 23.2 Å². The Morgan fingerprint density at radius 1 is 0.857 bits per heavy atom. The molecule has 0 amide bonds. The van der Waals surface area contributed by atoms with E-state index in [9.17, 15) is 29.8 Å². The van der Waals surface area contributed by atoms with E-state index in [4.69, 9.17) is 27.9 Å². The molecule has 220 valence electrons. The second kappa shape index (κ2) is 10.2. The summed E-state index contributed by atoms with van der Waals surface area (Å²) in [4.78, 5) is 51.4. The van der Waals surface area contributed by atoms with Crippen molar-refractivity contribution in [1.29, 1.82) is 0 Å². The lowest BCUT2D eigenvalue weighted by Crippen LogP contribution is -2.43. The zero-order valence-electron chi connectivity index (χ0n) is 23.7. The Labute approximate surface area is 252 Å². The Morgan fingerprint density at radius 2 is 1.40 bits per heavy atom. The lowest BCUT2D eigenvalue weighted by molar-refractivity contribution is -0.394. The van der Waals surface area contributed by atoms with Crippen LogP contribution in [0.15, 0.2) is 52.9 Å². The fourth-order valence-corrected chi connectivity index (χ4v) is 6.88. The number of ether oxygens (including phenoxy) is 1. The molecule has 10 nitrogen and oxygen atoms in total. The van der Waals surface area contributed by atoms with Crippen LogP contribution in [0.25, 0.3) is 0 Å². The highest BCUT2D eigenvalue weighted by atomic mass is 35.5. The number of rotatable bonds is 5. The van der Waals surface area contributed by atoms with Crippen LogP contribution in [0, 0.1) is 31.1 Å². The van der Waals surface area contributed by atoms with Gasteiger partial charge in [0.25, 0.3) is 5.69 Å². The Morgan fingerprint density at radius 3 is 1.90 bits per heavy atom. The molecule has 42 heavy (non-hydrogen) atoms. The summed E-state index contributed by atoms with van der Waals surface area (Å²) in [5.74, 6) is -1.43. The van der Waals surface area contributed by atoms with Gasteiger partial charge < -0.3 is 9.64 Å². The number of hydrogen-bond donors (Lipinski definition) is 0. The molecule has 2 aliphatic carbocycles. The molecule has 3 aliphatic rings. The molecule has 0 aromatic heterocycles. The second-order valence-electron chi connectivity index (χ2n) is 12.7. The molecule has 1 aliphatic heterocycles. The van der Waals surface area contributed by atoms with Gasteiger partial charge >= 0.3 is 5.69 Å². The number of nitro benzene ring substituents is 2. The predicted octanol–water partition coefficient (Wildman–Crippen LogP) is 7.92. The molecule has 0 saturated heterocycles. The molecule has 12 heteroatoms. The minimum atomic E-state index is -0.873. The molecule has 0 N–H and O–H groups in total. The average Bonchev–Trinajstić information content (AvgIpc) is 2.85. The number of ketones is 2. The highest BCUT2D eigenvalue weighted by Crippen LogP contribution is 2.56. The van der Waals surface area contributed by atoms with Crippen LogP contribution < -0.4 is 4.74 Å². The summed E-state index contributed by atoms with van der Waals surface area (Å²) in [6.45, 7) is 8.09. The van der Waals surface area contributed by atoms with Gasteiger partial charge in [-0.25, -0.2) is 0 Å². The second-order valence-corrected chi connectivity index (χ2v) is 13.5. The molecule has 2 aromatic carbocycles. The number of nitrogens with zero attached hydrogens (tertiary/aromatic N) is 3. The molecule has 2 aromatic rings. The van der Waals surface area contributed by atoms with Gasteiger partial charge in [-0.3, -0.25) is 29.8 Å². The number of non-ortho nitro benzene ring substituents is 1. The van der Waals surface area contributed by atoms with Crippen LogP contribution in [-0.2, 0) is 9.59 Å². The zero-order valence-corrected chi connectivity index (χ0v) is 25.3. The summed E-state index contributed by atoms with van der Waals surface area (Å²) in [7, 11) is 1.88. The first-order chi connectivity index (χ1) is 19.5. The van der Waals surface area contributed by atoms with Gasteiger partial charge in [0.05, 0.1) is 20.9 Å². The van der Waals surface area contributed by atoms with Gasteiger partial charge in [-0.1, -0.05) is 50.9 Å². The van der Waals surface area contributed by atoms with Gasteiger partial charge in [0.1, 0.15) is 0 Å². The first-order valence-electron chi connectivity index (χ1n) is 13.4. The SMILES string of the molecule is CN1C2=C(C(=O)CC(C)(C)C2)C(c2cc(Cl)cc(Cl)c2Oc2ccc([N+](=O)[O-])cc2[N+](=O)[O-])C2=C1CC(C)(C)CC2=O. The molecule has 0 saturated carbocycles. The number of nitro groups is 2. The first-order valence-corrected chi connectivity index (χ1v) is 14.1. The van der Waals surface area contributed by atoms with E-state index < -0.39 is 27.1 Å². The van der Waals surface area contributed by atoms with Crippen LogP contribution in [-0.4, -0.2) is 33.4 Å². The van der Waals surface area contributed by atoms with Crippen LogP contribution in [0.3, 0.4) is 0 Å². The van der Waals surface area contributed by atoms with Crippen molar-refractivity contribution in [2.75, 3.05) is 7.05 Å². The van der Waals surface area contributed by atoms with Crippen molar-refractivity contribution in [3.8, 4) is 11.5 Å². The summed E-state index contributed by atoms with van der Waals surface area (Å²) in [6, 6.07) is 5.97. The molecule has 1 heterocycles. The number of halogens is 2. The summed E-state index contributed by atoms with van der Waals surface area (Å²) >= 11 is 13.1. The number of Topliss-reactive ketones (excluding diaryl/α,β-unsaturated/α-hetero) is 2. The Hall–Kier alpha value is -3.76. The lowest BCUT2D eigenvalue weighted by atomic mass is 9.63. The molecule has 0 unspecified atom stereocenters. The van der Waals surface area contributed by atoms with Gasteiger partial charge in [0.2, 0.25) is 5.75 Å².